The normalized spacial score (nSPS) is 23.3. The Balaban J connectivity index is 2.31. The third-order valence-electron chi connectivity index (χ3n) is 4.30. The van der Waals surface area contributed by atoms with E-state index in [1.165, 1.54) is 0 Å². The van der Waals surface area contributed by atoms with Crippen molar-refractivity contribution in [1.82, 2.24) is 9.88 Å². The van der Waals surface area contributed by atoms with Gasteiger partial charge in [-0.25, -0.2) is 9.78 Å². The zero-order chi connectivity index (χ0) is 15.6. The Hall–Kier alpha value is -1.62. The van der Waals surface area contributed by atoms with Crippen molar-refractivity contribution in [2.24, 2.45) is 0 Å². The van der Waals surface area contributed by atoms with Crippen LogP contribution in [0.5, 0.6) is 0 Å². The summed E-state index contributed by atoms with van der Waals surface area (Å²) >= 11 is 0. The number of nitrogens with zero attached hydrogens (tertiary/aromatic N) is 3. The van der Waals surface area contributed by atoms with E-state index in [1.54, 1.807) is 12.1 Å². The number of carboxylic acids is 1. The van der Waals surface area contributed by atoms with Crippen LogP contribution in [-0.2, 0) is 6.42 Å². The summed E-state index contributed by atoms with van der Waals surface area (Å²) in [6, 6.07) is 4.25. The van der Waals surface area contributed by atoms with Crippen molar-refractivity contribution in [1.29, 1.82) is 0 Å². The molecule has 5 nitrogen and oxygen atoms in total. The Bertz CT molecular complexity index is 506. The molecular formula is C16H25N3O2. The molecule has 0 saturated carbocycles. The first-order valence-electron chi connectivity index (χ1n) is 7.63. The molecule has 2 atom stereocenters. The number of hydrogen-bond acceptors (Lipinski definition) is 4. The Morgan fingerprint density at radius 1 is 1.33 bits per heavy atom. The van der Waals surface area contributed by atoms with Gasteiger partial charge in [0.2, 0.25) is 0 Å². The van der Waals surface area contributed by atoms with Gasteiger partial charge in [-0.05, 0) is 39.4 Å². The van der Waals surface area contributed by atoms with Crippen LogP contribution in [-0.4, -0.2) is 53.2 Å². The van der Waals surface area contributed by atoms with Crippen LogP contribution in [0.4, 0.5) is 5.82 Å². The minimum Gasteiger partial charge on any atom is -0.478 e. The highest BCUT2D eigenvalue weighted by atomic mass is 16.4. The maximum atomic E-state index is 11.3. The average molecular weight is 291 g/mol. The summed E-state index contributed by atoms with van der Waals surface area (Å²) < 4.78 is 0. The Morgan fingerprint density at radius 3 is 2.48 bits per heavy atom. The van der Waals surface area contributed by atoms with E-state index in [-0.39, 0.29) is 0 Å². The lowest BCUT2D eigenvalue weighted by molar-refractivity contribution is 0.0696. The van der Waals surface area contributed by atoms with Crippen LogP contribution in [0.25, 0.3) is 0 Å². The minimum absolute atomic E-state index is 0.336. The first-order chi connectivity index (χ1) is 9.92. The first kappa shape index (κ1) is 15.8. The molecule has 0 aliphatic carbocycles. The number of piperazine rings is 1. The van der Waals surface area contributed by atoms with Crippen molar-refractivity contribution < 1.29 is 9.90 Å². The molecule has 1 saturated heterocycles. The molecule has 1 aromatic heterocycles. The summed E-state index contributed by atoms with van der Waals surface area (Å²) in [6.45, 7) is 8.22. The van der Waals surface area contributed by atoms with E-state index in [4.69, 9.17) is 0 Å². The summed E-state index contributed by atoms with van der Waals surface area (Å²) in [5, 5.41) is 9.29. The molecule has 0 bridgehead atoms. The summed E-state index contributed by atoms with van der Waals surface area (Å²) in [5.74, 6) is -0.0867. The van der Waals surface area contributed by atoms with E-state index in [9.17, 15) is 9.90 Å². The monoisotopic (exact) mass is 291 g/mol. The van der Waals surface area contributed by atoms with Crippen molar-refractivity contribution >= 4 is 11.8 Å². The molecule has 0 spiro atoms. The number of hydrogen-bond donors (Lipinski definition) is 1. The van der Waals surface area contributed by atoms with E-state index in [0.717, 1.165) is 37.4 Å². The molecule has 0 aromatic carbocycles. The number of carboxylic acid groups (broad SMARTS) is 1. The van der Waals surface area contributed by atoms with Gasteiger partial charge >= 0.3 is 5.97 Å². The van der Waals surface area contributed by atoms with Gasteiger partial charge in [0.05, 0.1) is 5.56 Å². The zero-order valence-corrected chi connectivity index (χ0v) is 13.3. The highest BCUT2D eigenvalue weighted by Gasteiger charge is 2.27. The largest absolute Gasteiger partial charge is 0.478 e. The predicted molar refractivity (Wildman–Crippen MR) is 84.1 cm³/mol. The summed E-state index contributed by atoms with van der Waals surface area (Å²) in [6.07, 6.45) is 1.78. The SMILES string of the molecule is CCCc1cc(C(=O)O)cc(N2CC(C)N(C)C(C)C2)n1. The summed E-state index contributed by atoms with van der Waals surface area (Å²) in [4.78, 5) is 20.5. The Labute approximate surface area is 126 Å². The number of aryl methyl sites for hydroxylation is 1. The molecule has 21 heavy (non-hydrogen) atoms. The zero-order valence-electron chi connectivity index (χ0n) is 13.3. The van der Waals surface area contributed by atoms with Crippen LogP contribution in [0.2, 0.25) is 0 Å². The van der Waals surface area contributed by atoms with Crippen molar-refractivity contribution in [3.05, 3.63) is 23.4 Å². The van der Waals surface area contributed by atoms with E-state index in [0.29, 0.717) is 17.6 Å². The third kappa shape index (κ3) is 3.53. The molecule has 116 valence electrons. The van der Waals surface area contributed by atoms with Gasteiger partial charge in [0.25, 0.3) is 0 Å². The standard InChI is InChI=1S/C16H25N3O2/c1-5-6-14-7-13(16(20)21)8-15(17-14)19-9-11(2)18(4)12(3)10-19/h7-8,11-12H,5-6,9-10H2,1-4H3,(H,20,21). The minimum atomic E-state index is -0.883. The van der Waals surface area contributed by atoms with E-state index < -0.39 is 5.97 Å². The van der Waals surface area contributed by atoms with Gasteiger partial charge in [0.1, 0.15) is 5.82 Å². The second-order valence-corrected chi connectivity index (χ2v) is 6.03. The van der Waals surface area contributed by atoms with E-state index >= 15 is 0 Å². The molecule has 5 heteroatoms. The molecule has 0 amide bonds. The number of rotatable bonds is 4. The fraction of sp³-hybridized carbons (Fsp3) is 0.625. The average Bonchev–Trinajstić information content (AvgIpc) is 2.44. The fourth-order valence-corrected chi connectivity index (χ4v) is 2.83. The molecule has 2 heterocycles. The van der Waals surface area contributed by atoms with Gasteiger partial charge in [-0.3, -0.25) is 4.90 Å². The van der Waals surface area contributed by atoms with Crippen LogP contribution in [0.15, 0.2) is 12.1 Å². The predicted octanol–water partition coefficient (Wildman–Crippen LogP) is 2.26. The third-order valence-corrected chi connectivity index (χ3v) is 4.30. The Morgan fingerprint density at radius 2 is 1.95 bits per heavy atom. The number of aromatic nitrogens is 1. The van der Waals surface area contributed by atoms with Gasteiger partial charge in [0.15, 0.2) is 0 Å². The van der Waals surface area contributed by atoms with Crippen LogP contribution in [0, 0.1) is 0 Å². The van der Waals surface area contributed by atoms with Gasteiger partial charge in [-0.1, -0.05) is 13.3 Å². The van der Waals surface area contributed by atoms with E-state index in [2.05, 4.69) is 42.6 Å². The molecule has 1 aliphatic rings. The lowest BCUT2D eigenvalue weighted by Crippen LogP contribution is -2.55. The second kappa shape index (κ2) is 6.43. The highest BCUT2D eigenvalue weighted by Crippen LogP contribution is 2.22. The number of pyridine rings is 1. The lowest BCUT2D eigenvalue weighted by atomic mass is 10.1. The van der Waals surface area contributed by atoms with Gasteiger partial charge in [-0.2, -0.15) is 0 Å². The van der Waals surface area contributed by atoms with Gasteiger partial charge < -0.3 is 10.0 Å². The maximum Gasteiger partial charge on any atom is 0.335 e. The molecule has 1 aromatic rings. The summed E-state index contributed by atoms with van der Waals surface area (Å²) in [7, 11) is 2.14. The van der Waals surface area contributed by atoms with E-state index in [1.807, 2.05) is 0 Å². The molecule has 0 radical (unpaired) electrons. The molecule has 1 aliphatic heterocycles. The van der Waals surface area contributed by atoms with Crippen molar-refractivity contribution in [2.75, 3.05) is 25.0 Å². The van der Waals surface area contributed by atoms with Gasteiger partial charge in [-0.15, -0.1) is 0 Å². The van der Waals surface area contributed by atoms with Crippen LogP contribution >= 0.6 is 0 Å². The fourth-order valence-electron chi connectivity index (χ4n) is 2.83. The van der Waals surface area contributed by atoms with Crippen molar-refractivity contribution in [2.45, 2.75) is 45.7 Å². The number of carbonyl (C=O) groups is 1. The maximum absolute atomic E-state index is 11.3. The highest BCUT2D eigenvalue weighted by molar-refractivity contribution is 5.88. The number of likely N-dealkylation sites (N-methyl/N-ethyl adjacent to an activating group) is 1. The Kier molecular flexibility index (Phi) is 4.83. The van der Waals surface area contributed by atoms with Gasteiger partial charge in [0, 0.05) is 30.9 Å². The number of anilines is 1. The summed E-state index contributed by atoms with van der Waals surface area (Å²) in [5.41, 5.74) is 1.20. The number of aromatic carboxylic acids is 1. The quantitative estimate of drug-likeness (QED) is 0.922. The first-order valence-corrected chi connectivity index (χ1v) is 7.63. The molecule has 1 N–H and O–H groups in total. The van der Waals surface area contributed by atoms with Crippen LogP contribution < -0.4 is 4.90 Å². The van der Waals surface area contributed by atoms with Crippen LogP contribution in [0.1, 0.15) is 43.2 Å². The second-order valence-electron chi connectivity index (χ2n) is 6.03. The topological polar surface area (TPSA) is 56.7 Å². The smallest absolute Gasteiger partial charge is 0.335 e. The molecule has 2 rings (SSSR count). The lowest BCUT2D eigenvalue weighted by Gasteiger charge is -2.43. The van der Waals surface area contributed by atoms with Crippen molar-refractivity contribution in [3.63, 3.8) is 0 Å². The van der Waals surface area contributed by atoms with Crippen molar-refractivity contribution in [3.8, 4) is 0 Å². The molecule has 2 unspecified atom stereocenters. The molecule has 1 fully saturated rings. The molecular weight excluding hydrogens is 266 g/mol. The van der Waals surface area contributed by atoms with Crippen LogP contribution in [0.3, 0.4) is 0 Å².